The van der Waals surface area contributed by atoms with E-state index in [1.54, 1.807) is 4.90 Å². The number of piperidine rings is 1. The van der Waals surface area contributed by atoms with Crippen molar-refractivity contribution < 1.29 is 13.6 Å². The maximum atomic E-state index is 13.2. The zero-order chi connectivity index (χ0) is 16.1. The molecule has 2 rings (SSSR count). The molecule has 0 aliphatic carbocycles. The third-order valence-electron chi connectivity index (χ3n) is 4.42. The smallest absolute Gasteiger partial charge is 0.254 e. The molecule has 22 heavy (non-hydrogen) atoms. The molecule has 122 valence electrons. The van der Waals surface area contributed by atoms with Gasteiger partial charge in [-0.25, -0.2) is 8.78 Å². The second-order valence-electron chi connectivity index (χ2n) is 5.88. The Hall–Kier alpha value is -1.49. The van der Waals surface area contributed by atoms with Crippen molar-refractivity contribution >= 4 is 5.91 Å². The maximum absolute atomic E-state index is 13.2. The van der Waals surface area contributed by atoms with Gasteiger partial charge in [0.25, 0.3) is 5.91 Å². The fourth-order valence-corrected chi connectivity index (χ4v) is 3.03. The van der Waals surface area contributed by atoms with Crippen LogP contribution in [0.15, 0.2) is 18.2 Å². The van der Waals surface area contributed by atoms with E-state index in [2.05, 4.69) is 18.7 Å². The molecule has 0 N–H and O–H groups in total. The lowest BCUT2D eigenvalue weighted by Crippen LogP contribution is -2.41. The van der Waals surface area contributed by atoms with E-state index in [1.165, 1.54) is 0 Å². The summed E-state index contributed by atoms with van der Waals surface area (Å²) >= 11 is 0. The lowest BCUT2D eigenvalue weighted by atomic mass is 9.95. The van der Waals surface area contributed by atoms with E-state index in [1.807, 2.05) is 0 Å². The summed E-state index contributed by atoms with van der Waals surface area (Å²) in [5, 5.41) is 0. The predicted octanol–water partition coefficient (Wildman–Crippen LogP) is 3.16. The molecular formula is C17H24F2N2O. The van der Waals surface area contributed by atoms with Crippen LogP contribution >= 0.6 is 0 Å². The Kier molecular flexibility index (Phi) is 5.89. The third kappa shape index (κ3) is 4.26. The van der Waals surface area contributed by atoms with Crippen LogP contribution in [0.2, 0.25) is 0 Å². The average Bonchev–Trinajstić information content (AvgIpc) is 2.51. The van der Waals surface area contributed by atoms with Crippen LogP contribution in [0.3, 0.4) is 0 Å². The fraction of sp³-hybridized carbons (Fsp3) is 0.588. The first-order valence-corrected chi connectivity index (χ1v) is 8.01. The van der Waals surface area contributed by atoms with Crippen molar-refractivity contribution in [2.24, 2.45) is 5.92 Å². The summed E-state index contributed by atoms with van der Waals surface area (Å²) in [6.07, 6.45) is 1.89. The van der Waals surface area contributed by atoms with Gasteiger partial charge in [0.1, 0.15) is 11.6 Å². The quantitative estimate of drug-likeness (QED) is 0.834. The van der Waals surface area contributed by atoms with Crippen molar-refractivity contribution in [2.45, 2.75) is 26.7 Å². The minimum absolute atomic E-state index is 0.0969. The van der Waals surface area contributed by atoms with Gasteiger partial charge in [-0.3, -0.25) is 4.79 Å². The second-order valence-corrected chi connectivity index (χ2v) is 5.88. The zero-order valence-electron chi connectivity index (χ0n) is 13.3. The third-order valence-corrected chi connectivity index (χ3v) is 4.42. The first-order valence-electron chi connectivity index (χ1n) is 8.01. The summed E-state index contributed by atoms with van der Waals surface area (Å²) in [5.74, 6) is -1.10. The van der Waals surface area contributed by atoms with Crippen LogP contribution in [0.25, 0.3) is 0 Å². The number of benzene rings is 1. The number of halogens is 2. The normalized spacial score (nSPS) is 16.3. The number of nitrogens with zero attached hydrogens (tertiary/aromatic N) is 2. The molecule has 5 heteroatoms. The monoisotopic (exact) mass is 310 g/mol. The highest BCUT2D eigenvalue weighted by molar-refractivity contribution is 5.94. The van der Waals surface area contributed by atoms with Gasteiger partial charge < -0.3 is 9.80 Å². The fourth-order valence-electron chi connectivity index (χ4n) is 3.03. The topological polar surface area (TPSA) is 23.6 Å². The van der Waals surface area contributed by atoms with Gasteiger partial charge in [-0.05, 0) is 44.0 Å². The van der Waals surface area contributed by atoms with Gasteiger partial charge in [0.15, 0.2) is 0 Å². The van der Waals surface area contributed by atoms with Gasteiger partial charge in [-0.2, -0.15) is 0 Å². The Balaban J connectivity index is 1.92. The van der Waals surface area contributed by atoms with E-state index in [0.717, 1.165) is 50.7 Å². The lowest BCUT2D eigenvalue weighted by molar-refractivity contribution is 0.0668. The van der Waals surface area contributed by atoms with E-state index in [-0.39, 0.29) is 11.5 Å². The molecule has 0 atom stereocenters. The number of hydrogen-bond acceptors (Lipinski definition) is 2. The molecule has 1 heterocycles. The summed E-state index contributed by atoms with van der Waals surface area (Å²) in [5.41, 5.74) is 0.0969. The number of amides is 1. The number of carbonyl (C=O) groups excluding carboxylic acids is 1. The number of likely N-dealkylation sites (tertiary alicyclic amines) is 1. The Labute approximate surface area is 130 Å². The van der Waals surface area contributed by atoms with Crippen molar-refractivity contribution in [1.82, 2.24) is 9.80 Å². The van der Waals surface area contributed by atoms with E-state index in [4.69, 9.17) is 0 Å². The van der Waals surface area contributed by atoms with Crippen LogP contribution < -0.4 is 0 Å². The Morgan fingerprint density at radius 1 is 1.14 bits per heavy atom. The summed E-state index contributed by atoms with van der Waals surface area (Å²) < 4.78 is 26.4. The predicted molar refractivity (Wildman–Crippen MR) is 82.8 cm³/mol. The van der Waals surface area contributed by atoms with E-state index in [9.17, 15) is 13.6 Å². The molecule has 3 nitrogen and oxygen atoms in total. The molecule has 1 saturated heterocycles. The van der Waals surface area contributed by atoms with Crippen molar-refractivity contribution in [3.63, 3.8) is 0 Å². The molecule has 1 aromatic carbocycles. The minimum Gasteiger partial charge on any atom is -0.339 e. The summed E-state index contributed by atoms with van der Waals surface area (Å²) in [6, 6.07) is 2.99. The molecule has 1 amide bonds. The second kappa shape index (κ2) is 7.68. The van der Waals surface area contributed by atoms with E-state index < -0.39 is 11.6 Å². The van der Waals surface area contributed by atoms with Crippen LogP contribution in [-0.4, -0.2) is 48.4 Å². The molecule has 0 saturated carbocycles. The molecule has 1 aromatic rings. The van der Waals surface area contributed by atoms with E-state index in [0.29, 0.717) is 19.0 Å². The molecule has 0 unspecified atom stereocenters. The van der Waals surface area contributed by atoms with Gasteiger partial charge in [0.2, 0.25) is 0 Å². The van der Waals surface area contributed by atoms with Crippen molar-refractivity contribution in [3.8, 4) is 0 Å². The SMILES string of the molecule is CCN(CC)CC1CCN(C(=O)c2cc(F)cc(F)c2)CC1. The Morgan fingerprint density at radius 3 is 2.18 bits per heavy atom. The minimum atomic E-state index is -0.709. The highest BCUT2D eigenvalue weighted by Gasteiger charge is 2.25. The van der Waals surface area contributed by atoms with Crippen molar-refractivity contribution in [2.75, 3.05) is 32.7 Å². The number of carbonyl (C=O) groups is 1. The number of hydrogen-bond donors (Lipinski definition) is 0. The van der Waals surface area contributed by atoms with Crippen LogP contribution in [0.1, 0.15) is 37.0 Å². The molecule has 1 aliphatic heterocycles. The van der Waals surface area contributed by atoms with Gasteiger partial charge in [-0.15, -0.1) is 0 Å². The first-order chi connectivity index (χ1) is 10.5. The summed E-state index contributed by atoms with van der Waals surface area (Å²) in [7, 11) is 0. The summed E-state index contributed by atoms with van der Waals surface area (Å²) in [4.78, 5) is 16.4. The maximum Gasteiger partial charge on any atom is 0.254 e. The molecule has 1 aliphatic rings. The largest absolute Gasteiger partial charge is 0.339 e. The van der Waals surface area contributed by atoms with Gasteiger partial charge in [0.05, 0.1) is 0 Å². The first kappa shape index (κ1) is 16.9. The molecular weight excluding hydrogens is 286 g/mol. The molecule has 1 fully saturated rings. The molecule has 0 bridgehead atoms. The highest BCUT2D eigenvalue weighted by atomic mass is 19.1. The summed E-state index contributed by atoms with van der Waals surface area (Å²) in [6.45, 7) is 8.76. The van der Waals surface area contributed by atoms with Gasteiger partial charge in [-0.1, -0.05) is 13.8 Å². The van der Waals surface area contributed by atoms with Crippen LogP contribution in [0.5, 0.6) is 0 Å². The standard InChI is InChI=1S/C17H24F2N2O/c1-3-20(4-2)12-13-5-7-21(8-6-13)17(22)14-9-15(18)11-16(19)10-14/h9-11,13H,3-8,12H2,1-2H3. The molecule has 0 aromatic heterocycles. The van der Waals surface area contributed by atoms with Crippen LogP contribution in [0.4, 0.5) is 8.78 Å². The van der Waals surface area contributed by atoms with Crippen LogP contribution in [0, 0.1) is 17.6 Å². The lowest BCUT2D eigenvalue weighted by Gasteiger charge is -2.34. The molecule has 0 radical (unpaired) electrons. The molecule has 0 spiro atoms. The van der Waals surface area contributed by atoms with Gasteiger partial charge in [0, 0.05) is 31.3 Å². The average molecular weight is 310 g/mol. The van der Waals surface area contributed by atoms with Crippen LogP contribution in [-0.2, 0) is 0 Å². The number of rotatable bonds is 5. The van der Waals surface area contributed by atoms with E-state index >= 15 is 0 Å². The van der Waals surface area contributed by atoms with Gasteiger partial charge >= 0.3 is 0 Å². The zero-order valence-corrected chi connectivity index (χ0v) is 13.3. The van der Waals surface area contributed by atoms with Crippen molar-refractivity contribution in [3.05, 3.63) is 35.4 Å². The van der Waals surface area contributed by atoms with Crippen molar-refractivity contribution in [1.29, 1.82) is 0 Å². The highest BCUT2D eigenvalue weighted by Crippen LogP contribution is 2.20. The Morgan fingerprint density at radius 2 is 1.68 bits per heavy atom. The Bertz CT molecular complexity index is 489.